The van der Waals surface area contributed by atoms with Crippen LogP contribution in [0.15, 0.2) is 0 Å². The highest BCUT2D eigenvalue weighted by Crippen LogP contribution is 2.26. The van der Waals surface area contributed by atoms with Crippen LogP contribution in [-0.4, -0.2) is 21.6 Å². The third-order valence-electron chi connectivity index (χ3n) is 3.31. The van der Waals surface area contributed by atoms with Crippen LogP contribution in [0.3, 0.4) is 0 Å². The maximum absolute atomic E-state index is 7.79. The van der Waals surface area contributed by atoms with Gasteiger partial charge in [-0.15, -0.1) is 5.10 Å². The van der Waals surface area contributed by atoms with E-state index in [1.165, 1.54) is 0 Å². The van der Waals surface area contributed by atoms with E-state index in [1.807, 2.05) is 34.6 Å². The predicted molar refractivity (Wildman–Crippen MR) is 76.8 cm³/mol. The third-order valence-corrected chi connectivity index (χ3v) is 3.31. The molecule has 1 aromatic heterocycles. The summed E-state index contributed by atoms with van der Waals surface area (Å²) >= 11 is 0. The van der Waals surface area contributed by atoms with Gasteiger partial charge < -0.3 is 10.5 Å². The smallest absolute Gasteiger partial charge is 0.245 e. The van der Waals surface area contributed by atoms with Gasteiger partial charge in [-0.3, -0.25) is 5.41 Å². The summed E-state index contributed by atoms with van der Waals surface area (Å²) in [6.07, 6.45) is 2.37. The Balaban J connectivity index is 3.36. The van der Waals surface area contributed by atoms with Gasteiger partial charge in [0, 0.05) is 0 Å². The molecule has 0 radical (unpaired) electrons. The topological polar surface area (TPSA) is 84.9 Å². The van der Waals surface area contributed by atoms with Crippen molar-refractivity contribution in [2.75, 3.05) is 0 Å². The number of nitrogen functional groups attached to an aromatic ring is 1. The third kappa shape index (κ3) is 3.43. The van der Waals surface area contributed by atoms with Gasteiger partial charge in [-0.25, -0.2) is 0 Å². The van der Waals surface area contributed by atoms with Crippen LogP contribution >= 0.6 is 0 Å². The zero-order valence-electron chi connectivity index (χ0n) is 12.5. The summed E-state index contributed by atoms with van der Waals surface area (Å²) in [6, 6.07) is 0. The zero-order chi connectivity index (χ0) is 14.6. The minimum Gasteiger partial charge on any atom is -0.470 e. The molecule has 0 bridgehead atoms. The van der Waals surface area contributed by atoms with E-state index in [0.29, 0.717) is 11.4 Å². The van der Waals surface area contributed by atoms with Crippen molar-refractivity contribution in [3.8, 4) is 5.88 Å². The Bertz CT molecular complexity index is 469. The van der Waals surface area contributed by atoms with Gasteiger partial charge in [-0.1, -0.05) is 20.8 Å². The minimum atomic E-state index is -0.350. The molecule has 1 aromatic rings. The lowest BCUT2D eigenvalue weighted by Crippen LogP contribution is -2.30. The van der Waals surface area contributed by atoms with Gasteiger partial charge in [0.2, 0.25) is 5.88 Å². The first-order chi connectivity index (χ1) is 8.86. The summed E-state index contributed by atoms with van der Waals surface area (Å²) in [7, 11) is 0. The van der Waals surface area contributed by atoms with Gasteiger partial charge in [0.05, 0.1) is 11.3 Å². The minimum absolute atomic E-state index is 0.0108. The SMILES string of the molecule is CCc1nnc(OC(C)(C)CC)c(C(=N)N)c1CC. The number of amidine groups is 1. The molecule has 0 fully saturated rings. The van der Waals surface area contributed by atoms with Crippen LogP contribution in [-0.2, 0) is 12.8 Å². The molecule has 0 saturated carbocycles. The predicted octanol–water partition coefficient (Wildman–Crippen LogP) is 2.45. The Kier molecular flexibility index (Phi) is 4.86. The molecule has 1 heterocycles. The van der Waals surface area contributed by atoms with Crippen LogP contribution in [0.1, 0.15) is 57.9 Å². The molecule has 106 valence electrons. The highest BCUT2D eigenvalue weighted by molar-refractivity contribution is 5.98. The number of hydrogen-bond acceptors (Lipinski definition) is 4. The van der Waals surface area contributed by atoms with E-state index in [2.05, 4.69) is 10.2 Å². The maximum Gasteiger partial charge on any atom is 0.245 e. The lowest BCUT2D eigenvalue weighted by atomic mass is 10.0. The molecular weight excluding hydrogens is 240 g/mol. The van der Waals surface area contributed by atoms with Crippen LogP contribution in [0.4, 0.5) is 0 Å². The fourth-order valence-corrected chi connectivity index (χ4v) is 1.84. The molecule has 0 spiro atoms. The number of nitrogens with one attached hydrogen (secondary N) is 1. The van der Waals surface area contributed by atoms with Crippen molar-refractivity contribution in [1.29, 1.82) is 5.41 Å². The summed E-state index contributed by atoms with van der Waals surface area (Å²) in [5.41, 5.74) is 7.80. The van der Waals surface area contributed by atoms with Crippen LogP contribution < -0.4 is 10.5 Å². The molecule has 0 unspecified atom stereocenters. The average molecular weight is 264 g/mol. The normalized spacial score (nSPS) is 11.4. The molecule has 19 heavy (non-hydrogen) atoms. The van der Waals surface area contributed by atoms with E-state index in [-0.39, 0.29) is 11.4 Å². The molecule has 0 aliphatic rings. The van der Waals surface area contributed by atoms with E-state index < -0.39 is 0 Å². The molecule has 5 heteroatoms. The Labute approximate surface area is 115 Å². The second-order valence-electron chi connectivity index (χ2n) is 5.14. The summed E-state index contributed by atoms with van der Waals surface area (Å²) in [5, 5.41) is 16.1. The van der Waals surface area contributed by atoms with Crippen molar-refractivity contribution in [2.24, 2.45) is 5.73 Å². The molecule has 5 nitrogen and oxygen atoms in total. The van der Waals surface area contributed by atoms with Crippen LogP contribution in [0.5, 0.6) is 5.88 Å². The number of ether oxygens (including phenoxy) is 1. The number of aromatic nitrogens is 2. The Morgan fingerprint density at radius 3 is 2.26 bits per heavy atom. The van der Waals surface area contributed by atoms with Gasteiger partial charge in [-0.05, 0) is 38.7 Å². The Morgan fingerprint density at radius 2 is 1.84 bits per heavy atom. The maximum atomic E-state index is 7.79. The first-order valence-electron chi connectivity index (χ1n) is 6.78. The lowest BCUT2D eigenvalue weighted by molar-refractivity contribution is 0.0970. The largest absolute Gasteiger partial charge is 0.470 e. The number of aryl methyl sites for hydroxylation is 1. The summed E-state index contributed by atoms with van der Waals surface area (Å²) in [6.45, 7) is 10.1. The molecule has 3 N–H and O–H groups in total. The van der Waals surface area contributed by atoms with Crippen LogP contribution in [0.25, 0.3) is 0 Å². The standard InChI is InChI=1S/C14H24N4O/c1-6-9-10(7-2)17-18-13(11(9)12(15)16)19-14(4,5)8-3/h6-8H2,1-5H3,(H3,15,16). The van der Waals surface area contributed by atoms with Gasteiger partial charge in [-0.2, -0.15) is 5.10 Å². The number of nitrogens with zero attached hydrogens (tertiary/aromatic N) is 2. The fourth-order valence-electron chi connectivity index (χ4n) is 1.84. The summed E-state index contributed by atoms with van der Waals surface area (Å²) in [4.78, 5) is 0. The van der Waals surface area contributed by atoms with Gasteiger partial charge in [0.15, 0.2) is 0 Å². The highest BCUT2D eigenvalue weighted by Gasteiger charge is 2.24. The first kappa shape index (κ1) is 15.4. The quantitative estimate of drug-likeness (QED) is 0.610. The summed E-state index contributed by atoms with van der Waals surface area (Å²) in [5.74, 6) is 0.358. The zero-order valence-corrected chi connectivity index (χ0v) is 12.5. The molecule has 0 atom stereocenters. The monoisotopic (exact) mass is 264 g/mol. The molecule has 0 aliphatic heterocycles. The molecule has 0 aromatic carbocycles. The molecular formula is C14H24N4O. The summed E-state index contributed by atoms with van der Waals surface area (Å²) < 4.78 is 5.89. The Morgan fingerprint density at radius 1 is 1.21 bits per heavy atom. The van der Waals surface area contributed by atoms with Gasteiger partial charge in [0.25, 0.3) is 0 Å². The van der Waals surface area contributed by atoms with E-state index in [0.717, 1.165) is 30.5 Å². The number of nitrogens with two attached hydrogens (primary N) is 1. The second kappa shape index (κ2) is 5.99. The molecule has 0 aliphatic carbocycles. The van der Waals surface area contributed by atoms with E-state index in [9.17, 15) is 0 Å². The lowest BCUT2D eigenvalue weighted by Gasteiger charge is -2.26. The average Bonchev–Trinajstić information content (AvgIpc) is 2.37. The van der Waals surface area contributed by atoms with Crippen molar-refractivity contribution in [2.45, 2.75) is 59.5 Å². The second-order valence-corrected chi connectivity index (χ2v) is 5.14. The molecule has 0 amide bonds. The van der Waals surface area contributed by atoms with Crippen LogP contribution in [0, 0.1) is 5.41 Å². The number of hydrogen-bond donors (Lipinski definition) is 2. The molecule has 1 rings (SSSR count). The van der Waals surface area contributed by atoms with Crippen molar-refractivity contribution in [1.82, 2.24) is 10.2 Å². The number of rotatable bonds is 6. The van der Waals surface area contributed by atoms with Crippen molar-refractivity contribution in [3.05, 3.63) is 16.8 Å². The van der Waals surface area contributed by atoms with E-state index in [1.54, 1.807) is 0 Å². The fraction of sp³-hybridized carbons (Fsp3) is 0.643. The van der Waals surface area contributed by atoms with Crippen LogP contribution in [0.2, 0.25) is 0 Å². The van der Waals surface area contributed by atoms with Gasteiger partial charge >= 0.3 is 0 Å². The highest BCUT2D eigenvalue weighted by atomic mass is 16.5. The van der Waals surface area contributed by atoms with Crippen molar-refractivity contribution >= 4 is 5.84 Å². The van der Waals surface area contributed by atoms with Crippen molar-refractivity contribution in [3.63, 3.8) is 0 Å². The van der Waals surface area contributed by atoms with E-state index in [4.69, 9.17) is 15.9 Å². The van der Waals surface area contributed by atoms with Gasteiger partial charge in [0.1, 0.15) is 11.4 Å². The molecule has 0 saturated heterocycles. The van der Waals surface area contributed by atoms with Crippen molar-refractivity contribution < 1.29 is 4.74 Å². The van der Waals surface area contributed by atoms with E-state index >= 15 is 0 Å². The first-order valence-corrected chi connectivity index (χ1v) is 6.78. The Hall–Kier alpha value is -1.65.